The molecule has 0 bridgehead atoms. The number of para-hydroxylation sites is 4. The predicted molar refractivity (Wildman–Crippen MR) is 324 cm³/mol. The minimum Gasteiger partial charge on any atom is -0.311 e. The summed E-state index contributed by atoms with van der Waals surface area (Å²) >= 11 is 0. The van der Waals surface area contributed by atoms with Gasteiger partial charge in [-0.15, -0.1) is 0 Å². The van der Waals surface area contributed by atoms with Crippen LogP contribution in [0.1, 0.15) is 172 Å². The Bertz CT molecular complexity index is 1810. The maximum absolute atomic E-state index is 2.29. The summed E-state index contributed by atoms with van der Waals surface area (Å²) in [5.41, 5.74) is 15.1. The van der Waals surface area contributed by atoms with E-state index < -0.39 is 0 Å². The van der Waals surface area contributed by atoms with Crippen LogP contribution in [0.4, 0.5) is 34.1 Å². The van der Waals surface area contributed by atoms with E-state index >= 15 is 0 Å². The van der Waals surface area contributed by atoms with E-state index in [4.69, 9.17) is 0 Å². The fourth-order valence-electron chi connectivity index (χ4n) is 6.06. The maximum atomic E-state index is 2.29. The minimum absolute atomic E-state index is 0.883. The topological polar surface area (TPSA) is 6.48 Å². The highest BCUT2D eigenvalue weighted by Gasteiger charge is 2.13. The van der Waals surface area contributed by atoms with Gasteiger partial charge >= 0.3 is 0 Å². The maximum Gasteiger partial charge on any atom is 0.0461 e. The number of rotatable bonds is 8. The summed E-state index contributed by atoms with van der Waals surface area (Å²) < 4.78 is 0. The summed E-state index contributed by atoms with van der Waals surface area (Å²) in [5, 5.41) is 0. The Balaban J connectivity index is -0.000000381. The molecule has 0 fully saturated rings. The molecule has 0 saturated carbocycles. The number of aryl methyl sites for hydroxylation is 2. The molecular weight excluding hydrogens is 833 g/mol. The summed E-state index contributed by atoms with van der Waals surface area (Å²) in [6.07, 6.45) is 0.883. The lowest BCUT2D eigenvalue weighted by Crippen LogP contribution is -2.10. The lowest BCUT2D eigenvalue weighted by Gasteiger charge is -2.26. The van der Waals surface area contributed by atoms with E-state index in [1.54, 1.807) is 0 Å². The monoisotopic (exact) mass is 937 g/mol. The van der Waals surface area contributed by atoms with E-state index in [0.29, 0.717) is 0 Å². The standard InChI is InChI=1S/C37H30N2.C10H14.10C2H6/c1-5-13-32(14-6-1)38(33-15-7-2-8-16-33)36-25-21-30(22-26-36)29-31-23-27-37(28-24-31)39(34-17-9-3-10-18-34)35-19-11-4-12-20-35;1-7-5-6-8(2)10(4)9(7)3;10*1-2/h1-28H,29H2;5-6H,1-4H3;10*1-2H3. The van der Waals surface area contributed by atoms with E-state index in [9.17, 15) is 0 Å². The van der Waals surface area contributed by atoms with Gasteiger partial charge in [-0.1, -0.05) is 248 Å². The molecule has 0 saturated heterocycles. The van der Waals surface area contributed by atoms with Crippen LogP contribution in [-0.4, -0.2) is 0 Å². The molecule has 0 aliphatic rings. The van der Waals surface area contributed by atoms with Gasteiger partial charge in [0.2, 0.25) is 0 Å². The SMILES string of the molecule is CC.CC.CC.CC.CC.CC.CC.CC.CC.CC.Cc1ccc(C)c(C)c1C.c1ccc(N(c2ccccc2)c2ccc(Cc3ccc(N(c4ccccc4)c4ccccc4)cc3)cc2)cc1. The second-order valence-electron chi connectivity index (χ2n) is 12.5. The zero-order valence-electron chi connectivity index (χ0n) is 48.9. The van der Waals surface area contributed by atoms with Gasteiger partial charge in [0.25, 0.3) is 0 Å². The van der Waals surface area contributed by atoms with Gasteiger partial charge < -0.3 is 9.80 Å². The van der Waals surface area contributed by atoms with Crippen LogP contribution in [0.15, 0.2) is 182 Å². The molecule has 0 heterocycles. The molecule has 0 aliphatic carbocycles. The number of benzene rings is 7. The number of hydrogen-bond donors (Lipinski definition) is 0. The third-order valence-corrected chi connectivity index (χ3v) is 9.18. The van der Waals surface area contributed by atoms with Crippen LogP contribution in [0, 0.1) is 27.7 Å². The molecule has 7 aromatic rings. The van der Waals surface area contributed by atoms with Crippen LogP contribution in [0.5, 0.6) is 0 Å². The van der Waals surface area contributed by atoms with Crippen LogP contribution < -0.4 is 9.80 Å². The smallest absolute Gasteiger partial charge is 0.0461 e. The molecule has 0 N–H and O–H groups in total. The first kappa shape index (κ1) is 72.1. The molecule has 7 aromatic carbocycles. The molecule has 7 rings (SSSR count). The van der Waals surface area contributed by atoms with E-state index in [0.717, 1.165) is 40.5 Å². The highest BCUT2D eigenvalue weighted by Crippen LogP contribution is 2.36. The molecule has 0 unspecified atom stereocenters. The molecule has 382 valence electrons. The van der Waals surface area contributed by atoms with Crippen molar-refractivity contribution in [3.8, 4) is 0 Å². The quantitative estimate of drug-likeness (QED) is 0.150. The molecule has 0 amide bonds. The van der Waals surface area contributed by atoms with Crippen LogP contribution in [0.2, 0.25) is 0 Å². The largest absolute Gasteiger partial charge is 0.311 e. The van der Waals surface area contributed by atoms with Crippen molar-refractivity contribution < 1.29 is 0 Å². The van der Waals surface area contributed by atoms with E-state index in [-0.39, 0.29) is 0 Å². The molecule has 2 heteroatoms. The Hall–Kier alpha value is -5.86. The van der Waals surface area contributed by atoms with Crippen molar-refractivity contribution in [1.82, 2.24) is 0 Å². The van der Waals surface area contributed by atoms with Crippen LogP contribution in [0.25, 0.3) is 0 Å². The molecule has 2 nitrogen and oxygen atoms in total. The Morgan fingerprint density at radius 3 is 0.580 bits per heavy atom. The first-order valence-electron chi connectivity index (χ1n) is 27.0. The van der Waals surface area contributed by atoms with Crippen molar-refractivity contribution in [3.63, 3.8) is 0 Å². The second-order valence-corrected chi connectivity index (χ2v) is 12.5. The Morgan fingerprint density at radius 1 is 0.217 bits per heavy atom. The van der Waals surface area contributed by atoms with Crippen molar-refractivity contribution in [2.45, 2.75) is 173 Å². The molecule has 0 atom stereocenters. The lowest BCUT2D eigenvalue weighted by molar-refractivity contribution is 1.18. The molecule has 0 spiro atoms. The average Bonchev–Trinajstić information content (AvgIpc) is 3.47. The summed E-state index contributed by atoms with van der Waals surface area (Å²) in [6, 6.07) is 64.3. The van der Waals surface area contributed by atoms with Gasteiger partial charge in [0.05, 0.1) is 0 Å². The number of anilines is 6. The average molecular weight is 938 g/mol. The van der Waals surface area contributed by atoms with Crippen LogP contribution >= 0.6 is 0 Å². The van der Waals surface area contributed by atoms with Crippen molar-refractivity contribution in [3.05, 3.63) is 215 Å². The third kappa shape index (κ3) is 27.1. The van der Waals surface area contributed by atoms with Crippen LogP contribution in [-0.2, 0) is 6.42 Å². The zero-order chi connectivity index (χ0) is 54.0. The normalized spacial score (nSPS) is 8.35. The van der Waals surface area contributed by atoms with Crippen molar-refractivity contribution in [2.75, 3.05) is 9.80 Å². The van der Waals surface area contributed by atoms with Crippen LogP contribution in [0.3, 0.4) is 0 Å². The van der Waals surface area contributed by atoms with Gasteiger partial charge in [-0.25, -0.2) is 0 Å². The third-order valence-electron chi connectivity index (χ3n) is 9.18. The first-order chi connectivity index (χ1) is 34.0. The minimum atomic E-state index is 0.883. The summed E-state index contributed by atoms with van der Waals surface area (Å²) in [5.74, 6) is 0. The summed E-state index contributed by atoms with van der Waals surface area (Å²) in [4.78, 5) is 4.58. The molecule has 69 heavy (non-hydrogen) atoms. The Kier molecular flexibility index (Phi) is 53.9. The van der Waals surface area contributed by atoms with Crippen molar-refractivity contribution in [1.29, 1.82) is 0 Å². The van der Waals surface area contributed by atoms with E-state index in [1.165, 1.54) is 33.4 Å². The van der Waals surface area contributed by atoms with Gasteiger partial charge in [-0.3, -0.25) is 0 Å². The number of nitrogens with zero attached hydrogens (tertiary/aromatic N) is 2. The first-order valence-corrected chi connectivity index (χ1v) is 27.0. The Labute approximate surface area is 429 Å². The van der Waals surface area contributed by atoms with Gasteiger partial charge in [-0.05, 0) is 140 Å². The number of hydrogen-bond acceptors (Lipinski definition) is 2. The van der Waals surface area contributed by atoms with E-state index in [1.807, 2.05) is 138 Å². The summed E-state index contributed by atoms with van der Waals surface area (Å²) in [7, 11) is 0. The molecular formula is C67H104N2. The summed E-state index contributed by atoms with van der Waals surface area (Å²) in [6.45, 7) is 48.7. The highest BCUT2D eigenvalue weighted by molar-refractivity contribution is 5.77. The predicted octanol–water partition coefficient (Wildman–Crippen LogP) is 23.4. The molecule has 0 radical (unpaired) electrons. The van der Waals surface area contributed by atoms with Gasteiger partial charge in [0, 0.05) is 34.1 Å². The van der Waals surface area contributed by atoms with Crippen molar-refractivity contribution in [2.24, 2.45) is 0 Å². The lowest BCUT2D eigenvalue weighted by atomic mass is 10.0. The second kappa shape index (κ2) is 51.5. The zero-order valence-corrected chi connectivity index (χ0v) is 48.9. The molecule has 0 aliphatic heterocycles. The fourth-order valence-corrected chi connectivity index (χ4v) is 6.06. The van der Waals surface area contributed by atoms with Gasteiger partial charge in [0.15, 0.2) is 0 Å². The van der Waals surface area contributed by atoms with Gasteiger partial charge in [0.1, 0.15) is 0 Å². The molecule has 0 aromatic heterocycles. The Morgan fingerprint density at radius 2 is 0.391 bits per heavy atom. The van der Waals surface area contributed by atoms with Crippen molar-refractivity contribution >= 4 is 34.1 Å². The fraction of sp³-hybridized carbons (Fsp3) is 0.373. The highest BCUT2D eigenvalue weighted by atomic mass is 15.1. The van der Waals surface area contributed by atoms with E-state index in [2.05, 4.69) is 219 Å². The van der Waals surface area contributed by atoms with Gasteiger partial charge in [-0.2, -0.15) is 0 Å².